The van der Waals surface area contributed by atoms with Gasteiger partial charge in [0.25, 0.3) is 0 Å². The van der Waals surface area contributed by atoms with E-state index in [4.69, 9.17) is 10.5 Å². The maximum Gasteiger partial charge on any atom is 0.307 e. The Kier molecular flexibility index (Phi) is 4.52. The zero-order valence-corrected chi connectivity index (χ0v) is 10.5. The molecule has 0 radical (unpaired) electrons. The number of carbonyl (C=O) groups is 1. The largest absolute Gasteiger partial charge is 0.507 e. The van der Waals surface area contributed by atoms with Crippen LogP contribution >= 0.6 is 0 Å². The Hall–Kier alpha value is -1.55. The molecule has 4 heteroatoms. The fourth-order valence-corrected chi connectivity index (χ4v) is 1.78. The van der Waals surface area contributed by atoms with E-state index in [9.17, 15) is 9.90 Å². The van der Waals surface area contributed by atoms with Gasteiger partial charge in [-0.05, 0) is 26.3 Å². The van der Waals surface area contributed by atoms with Crippen LogP contribution in [0.3, 0.4) is 0 Å². The van der Waals surface area contributed by atoms with E-state index in [0.717, 1.165) is 11.1 Å². The van der Waals surface area contributed by atoms with E-state index >= 15 is 0 Å². The predicted octanol–water partition coefficient (Wildman–Crippen LogP) is 1.96. The molecule has 1 aromatic rings. The van der Waals surface area contributed by atoms with Gasteiger partial charge in [-0.15, -0.1) is 0 Å². The highest BCUT2D eigenvalue weighted by atomic mass is 16.5. The van der Waals surface area contributed by atoms with E-state index in [0.29, 0.717) is 12.2 Å². The third-order valence-corrected chi connectivity index (χ3v) is 2.57. The maximum absolute atomic E-state index is 11.3. The van der Waals surface area contributed by atoms with Gasteiger partial charge in [-0.3, -0.25) is 4.79 Å². The Morgan fingerprint density at radius 3 is 2.71 bits per heavy atom. The Labute approximate surface area is 101 Å². The third-order valence-electron chi connectivity index (χ3n) is 2.57. The van der Waals surface area contributed by atoms with Crippen molar-refractivity contribution in [2.24, 2.45) is 5.73 Å². The number of rotatable bonds is 4. The van der Waals surface area contributed by atoms with Crippen LogP contribution in [-0.4, -0.2) is 17.7 Å². The number of nitrogens with two attached hydrogens (primary N) is 1. The minimum atomic E-state index is -0.535. The molecule has 0 spiro atoms. The Balaban J connectivity index is 2.88. The van der Waals surface area contributed by atoms with Gasteiger partial charge < -0.3 is 15.6 Å². The minimum Gasteiger partial charge on any atom is -0.507 e. The summed E-state index contributed by atoms with van der Waals surface area (Å²) in [5.74, 6) is -0.189. The molecule has 0 unspecified atom stereocenters. The fourth-order valence-electron chi connectivity index (χ4n) is 1.78. The van der Waals surface area contributed by atoms with Gasteiger partial charge in [-0.2, -0.15) is 0 Å². The molecule has 0 heterocycles. The fraction of sp³-hybridized carbons (Fsp3) is 0.462. The molecule has 1 aromatic carbocycles. The van der Waals surface area contributed by atoms with Crippen molar-refractivity contribution in [3.8, 4) is 5.75 Å². The topological polar surface area (TPSA) is 72.5 Å². The van der Waals surface area contributed by atoms with Crippen molar-refractivity contribution in [2.45, 2.75) is 33.2 Å². The van der Waals surface area contributed by atoms with E-state index in [2.05, 4.69) is 0 Å². The Morgan fingerprint density at radius 1 is 1.47 bits per heavy atom. The van der Waals surface area contributed by atoms with Crippen LogP contribution in [0.5, 0.6) is 5.75 Å². The van der Waals surface area contributed by atoms with Gasteiger partial charge in [-0.25, -0.2) is 0 Å². The first-order chi connectivity index (χ1) is 7.95. The first-order valence-corrected chi connectivity index (χ1v) is 5.67. The van der Waals surface area contributed by atoms with E-state index < -0.39 is 6.04 Å². The number of phenols is 1. The molecule has 1 atom stereocenters. The first kappa shape index (κ1) is 13.5. The third kappa shape index (κ3) is 3.46. The van der Waals surface area contributed by atoms with Gasteiger partial charge in [0.05, 0.1) is 13.0 Å². The predicted molar refractivity (Wildman–Crippen MR) is 65.8 cm³/mol. The zero-order chi connectivity index (χ0) is 13.0. The molecule has 94 valence electrons. The van der Waals surface area contributed by atoms with Crippen LogP contribution in [-0.2, 0) is 9.53 Å². The molecule has 17 heavy (non-hydrogen) atoms. The average Bonchev–Trinajstić information content (AvgIpc) is 2.23. The summed E-state index contributed by atoms with van der Waals surface area (Å²) in [6.07, 6.45) is 0.0737. The summed E-state index contributed by atoms with van der Waals surface area (Å²) < 4.78 is 4.83. The lowest BCUT2D eigenvalue weighted by atomic mass is 9.98. The molecule has 0 fully saturated rings. The minimum absolute atomic E-state index is 0.0737. The lowest BCUT2D eigenvalue weighted by Gasteiger charge is -2.15. The molecule has 3 N–H and O–H groups in total. The lowest BCUT2D eigenvalue weighted by Crippen LogP contribution is -2.17. The molecule has 0 aliphatic heterocycles. The standard InChI is InChI=1S/C13H19NO3/c1-4-17-12(15)7-11(14)10-6-8(2)5-9(3)13(10)16/h5-6,11,16H,4,7,14H2,1-3H3/t11-/m1/s1. The molecule has 0 bridgehead atoms. The maximum atomic E-state index is 11.3. The molecule has 0 saturated heterocycles. The number of hydrogen-bond donors (Lipinski definition) is 2. The molecule has 0 aromatic heterocycles. The van der Waals surface area contributed by atoms with Crippen molar-refractivity contribution in [1.82, 2.24) is 0 Å². The quantitative estimate of drug-likeness (QED) is 0.785. The van der Waals surface area contributed by atoms with Crippen molar-refractivity contribution in [1.29, 1.82) is 0 Å². The van der Waals surface area contributed by atoms with E-state index in [1.807, 2.05) is 19.9 Å². The second-order valence-electron chi connectivity index (χ2n) is 4.14. The van der Waals surface area contributed by atoms with Crippen molar-refractivity contribution in [3.05, 3.63) is 28.8 Å². The van der Waals surface area contributed by atoms with Crippen LogP contribution in [0.25, 0.3) is 0 Å². The van der Waals surface area contributed by atoms with Crippen molar-refractivity contribution in [2.75, 3.05) is 6.61 Å². The molecule has 0 aliphatic rings. The SMILES string of the molecule is CCOC(=O)C[C@@H](N)c1cc(C)cc(C)c1O. The summed E-state index contributed by atoms with van der Waals surface area (Å²) in [6, 6.07) is 3.13. The van der Waals surface area contributed by atoms with Crippen molar-refractivity contribution in [3.63, 3.8) is 0 Å². The molecule has 4 nitrogen and oxygen atoms in total. The smallest absolute Gasteiger partial charge is 0.307 e. The number of aryl methyl sites for hydroxylation is 2. The summed E-state index contributed by atoms with van der Waals surface area (Å²) in [5, 5.41) is 9.90. The molecule has 0 saturated carbocycles. The first-order valence-electron chi connectivity index (χ1n) is 5.67. The van der Waals surface area contributed by atoms with Crippen molar-refractivity contribution < 1.29 is 14.6 Å². The summed E-state index contributed by atoms with van der Waals surface area (Å²) in [5.41, 5.74) is 8.27. The highest BCUT2D eigenvalue weighted by Gasteiger charge is 2.17. The average molecular weight is 237 g/mol. The second-order valence-corrected chi connectivity index (χ2v) is 4.14. The van der Waals surface area contributed by atoms with Crippen LogP contribution < -0.4 is 5.73 Å². The second kappa shape index (κ2) is 5.68. The summed E-state index contributed by atoms with van der Waals surface area (Å²) >= 11 is 0. The molecule has 0 amide bonds. The van der Waals surface area contributed by atoms with Gasteiger partial charge in [0, 0.05) is 11.6 Å². The number of benzene rings is 1. The van der Waals surface area contributed by atoms with E-state index in [1.54, 1.807) is 13.0 Å². The molecule has 0 aliphatic carbocycles. The van der Waals surface area contributed by atoms with Crippen LogP contribution in [0.1, 0.15) is 36.1 Å². The van der Waals surface area contributed by atoms with Crippen molar-refractivity contribution >= 4 is 5.97 Å². The number of hydrogen-bond acceptors (Lipinski definition) is 4. The monoisotopic (exact) mass is 237 g/mol. The summed E-state index contributed by atoms with van der Waals surface area (Å²) in [7, 11) is 0. The number of phenolic OH excluding ortho intramolecular Hbond substituents is 1. The molecular formula is C13H19NO3. The van der Waals surface area contributed by atoms with Crippen LogP contribution in [0.4, 0.5) is 0 Å². The molecular weight excluding hydrogens is 218 g/mol. The summed E-state index contributed by atoms with van der Waals surface area (Å²) in [6.45, 7) is 5.82. The number of esters is 1. The van der Waals surface area contributed by atoms with Crippen LogP contribution in [0.2, 0.25) is 0 Å². The number of ether oxygens (including phenoxy) is 1. The highest BCUT2D eigenvalue weighted by Crippen LogP contribution is 2.29. The highest BCUT2D eigenvalue weighted by molar-refractivity contribution is 5.70. The Morgan fingerprint density at radius 2 is 2.12 bits per heavy atom. The van der Waals surface area contributed by atoms with E-state index in [-0.39, 0.29) is 18.1 Å². The summed E-state index contributed by atoms with van der Waals surface area (Å²) in [4.78, 5) is 11.3. The Bertz CT molecular complexity index is 415. The van der Waals surface area contributed by atoms with Gasteiger partial charge in [0.15, 0.2) is 0 Å². The van der Waals surface area contributed by atoms with Crippen LogP contribution in [0, 0.1) is 13.8 Å². The van der Waals surface area contributed by atoms with Gasteiger partial charge in [0.1, 0.15) is 5.75 Å². The zero-order valence-electron chi connectivity index (χ0n) is 10.5. The van der Waals surface area contributed by atoms with E-state index in [1.165, 1.54) is 0 Å². The number of carbonyl (C=O) groups excluding carboxylic acids is 1. The molecule has 1 rings (SSSR count). The lowest BCUT2D eigenvalue weighted by molar-refractivity contribution is -0.143. The normalized spacial score (nSPS) is 12.2. The van der Waals surface area contributed by atoms with Crippen LogP contribution in [0.15, 0.2) is 12.1 Å². The van der Waals surface area contributed by atoms with Gasteiger partial charge in [0.2, 0.25) is 0 Å². The van der Waals surface area contributed by atoms with Gasteiger partial charge in [-0.1, -0.05) is 17.7 Å². The number of aromatic hydroxyl groups is 1. The van der Waals surface area contributed by atoms with Gasteiger partial charge >= 0.3 is 5.97 Å².